The molecule has 5 atom stereocenters. The Morgan fingerprint density at radius 2 is 1.20 bits per heavy atom. The molecule has 1 aromatic rings. The molecule has 0 bridgehead atoms. The van der Waals surface area contributed by atoms with Gasteiger partial charge < -0.3 is 32.7 Å². The van der Waals surface area contributed by atoms with Gasteiger partial charge in [-0.25, -0.2) is 4.79 Å². The highest BCUT2D eigenvalue weighted by Crippen LogP contribution is 2.46. The second-order valence-electron chi connectivity index (χ2n) is 22.6. The van der Waals surface area contributed by atoms with Crippen molar-refractivity contribution in [3.8, 4) is 11.5 Å². The number of aliphatic hydroxyl groups is 2. The molecule has 59 heavy (non-hydrogen) atoms. The number of ether oxygens (including phenoxy) is 1. The number of hydrogen-bond acceptors (Lipinski definition) is 8. The fourth-order valence-electron chi connectivity index (χ4n) is 6.67. The smallest absolute Gasteiger partial charge is 0.341 e. The number of benzene rings is 1. The van der Waals surface area contributed by atoms with Crippen molar-refractivity contribution >= 4 is 39.2 Å². The second kappa shape index (κ2) is 20.5. The number of aliphatic hydroxyl groups excluding tert-OH is 2. The molecule has 1 aromatic carbocycles. The fraction of sp³-hybridized carbons (Fsp3) is 0.809. The van der Waals surface area contributed by atoms with Crippen LogP contribution in [0.5, 0.6) is 11.5 Å². The van der Waals surface area contributed by atoms with Gasteiger partial charge >= 0.3 is 5.97 Å². The zero-order valence-corrected chi connectivity index (χ0v) is 46.3. The van der Waals surface area contributed by atoms with Gasteiger partial charge in [0.05, 0.1) is 31.5 Å². The molecule has 1 rings (SSSR count). The molecule has 0 radical (unpaired) electrons. The number of carbonyl (C=O) groups is 1. The maximum Gasteiger partial charge on any atom is 0.341 e. The van der Waals surface area contributed by atoms with E-state index in [1.165, 1.54) is 7.11 Å². The highest BCUT2D eigenvalue weighted by molar-refractivity contribution is 6.75. The molecule has 0 aliphatic rings. The average Bonchev–Trinajstić information content (AvgIpc) is 3.09. The van der Waals surface area contributed by atoms with Gasteiger partial charge in [-0.3, -0.25) is 0 Å². The summed E-state index contributed by atoms with van der Waals surface area (Å²) in [6.45, 7) is 51.9. The van der Waals surface area contributed by atoms with Crippen LogP contribution < -0.4 is 8.85 Å². The normalized spacial score (nSPS) is 16.6. The number of hydrogen-bond donors (Lipinski definition) is 2. The van der Waals surface area contributed by atoms with Gasteiger partial charge in [-0.15, -0.1) is 6.58 Å². The molecular weight excluding hydrogens is 805 g/mol. The Balaban J connectivity index is 4.13. The molecule has 0 amide bonds. The van der Waals surface area contributed by atoms with E-state index >= 15 is 0 Å². The van der Waals surface area contributed by atoms with Crippen LogP contribution in [0.1, 0.15) is 138 Å². The second-order valence-corrected chi connectivity index (χ2v) is 41.5. The van der Waals surface area contributed by atoms with Crippen molar-refractivity contribution in [1.82, 2.24) is 0 Å². The molecule has 344 valence electrons. The van der Waals surface area contributed by atoms with Gasteiger partial charge in [-0.2, -0.15) is 0 Å². The minimum Gasteiger partial charge on any atom is -0.543 e. The van der Waals surface area contributed by atoms with Crippen LogP contribution in [0.15, 0.2) is 18.7 Å². The lowest BCUT2D eigenvalue weighted by Gasteiger charge is -2.45. The van der Waals surface area contributed by atoms with Gasteiger partial charge in [0.25, 0.3) is 8.32 Å². The minimum atomic E-state index is -2.47. The molecule has 0 spiro atoms. The quantitative estimate of drug-likeness (QED) is 0.0674. The van der Waals surface area contributed by atoms with E-state index in [9.17, 15) is 15.0 Å². The van der Waals surface area contributed by atoms with Gasteiger partial charge in [0.15, 0.2) is 16.6 Å². The lowest BCUT2D eigenvalue weighted by molar-refractivity contribution is -0.0730. The number of rotatable bonds is 22. The van der Waals surface area contributed by atoms with Gasteiger partial charge in [-0.1, -0.05) is 110 Å². The predicted molar refractivity (Wildman–Crippen MR) is 260 cm³/mol. The molecule has 0 aromatic heterocycles. The van der Waals surface area contributed by atoms with E-state index in [0.29, 0.717) is 29.9 Å². The van der Waals surface area contributed by atoms with Crippen LogP contribution in [0.4, 0.5) is 0 Å². The zero-order chi connectivity index (χ0) is 46.5. The molecule has 0 fully saturated rings. The van der Waals surface area contributed by atoms with Crippen LogP contribution in [0.3, 0.4) is 0 Å². The third-order valence-corrected chi connectivity index (χ3v) is 32.9. The topological polar surface area (TPSA) is 104 Å². The summed E-state index contributed by atoms with van der Waals surface area (Å²) < 4.78 is 34.0. The van der Waals surface area contributed by atoms with E-state index in [1.54, 1.807) is 0 Å². The molecule has 0 saturated heterocycles. The number of methoxy groups -OCH3 is 1. The SMILES string of the molecule is C=CC[C@@H](O[Si](CC)(CC)CC)C(C)(C)[C@H](O)C[C@H](O)[C@@H](C)[C@@H](Cc1c(C)c(O[Si](C)(C)C(C)(C)C)cc(O[Si](C)(C)C(C)(C)C)c1C(=O)OC)O[Si](C)(C)C(C)(C)C. The molecule has 0 unspecified atom stereocenters. The van der Waals surface area contributed by atoms with Crippen LogP contribution in [-0.2, 0) is 20.0 Å². The zero-order valence-electron chi connectivity index (χ0n) is 42.3. The summed E-state index contributed by atoms with van der Waals surface area (Å²) in [7, 11) is -7.89. The van der Waals surface area contributed by atoms with Crippen molar-refractivity contribution in [2.45, 2.75) is 227 Å². The van der Waals surface area contributed by atoms with E-state index in [-0.39, 0.29) is 27.6 Å². The maximum atomic E-state index is 14.1. The third kappa shape index (κ3) is 13.6. The Labute approximate surface area is 367 Å². The highest BCUT2D eigenvalue weighted by atomic mass is 28.4. The summed E-state index contributed by atoms with van der Waals surface area (Å²) in [4.78, 5) is 14.1. The van der Waals surface area contributed by atoms with E-state index in [1.807, 2.05) is 26.0 Å². The van der Waals surface area contributed by atoms with Gasteiger partial charge in [0.1, 0.15) is 17.1 Å². The molecule has 2 N–H and O–H groups in total. The third-order valence-electron chi connectivity index (χ3n) is 15.1. The van der Waals surface area contributed by atoms with Crippen LogP contribution in [0.2, 0.25) is 72.5 Å². The first-order valence-corrected chi connectivity index (χ1v) is 33.7. The van der Waals surface area contributed by atoms with Crippen molar-refractivity contribution in [3.63, 3.8) is 0 Å². The Morgan fingerprint density at radius 3 is 1.59 bits per heavy atom. The van der Waals surface area contributed by atoms with Gasteiger partial charge in [0.2, 0.25) is 8.32 Å². The Kier molecular flexibility index (Phi) is 19.4. The average molecular weight is 898 g/mol. The fourth-order valence-corrected chi connectivity index (χ4v) is 13.2. The first kappa shape index (κ1) is 55.8. The Bertz CT molecular complexity index is 1520. The molecule has 12 heteroatoms. The van der Waals surface area contributed by atoms with Crippen LogP contribution in [0.25, 0.3) is 0 Å². The Morgan fingerprint density at radius 1 is 0.763 bits per heavy atom. The van der Waals surface area contributed by atoms with Crippen molar-refractivity contribution in [2.24, 2.45) is 11.3 Å². The lowest BCUT2D eigenvalue weighted by atomic mass is 9.75. The van der Waals surface area contributed by atoms with Crippen molar-refractivity contribution in [3.05, 3.63) is 35.4 Å². The Hall–Kier alpha value is -1.26. The number of carbonyl (C=O) groups excluding carboxylic acids is 1. The molecule has 0 aliphatic heterocycles. The van der Waals surface area contributed by atoms with Crippen molar-refractivity contribution < 1.29 is 37.4 Å². The summed E-state index contributed by atoms with van der Waals surface area (Å²) in [6, 6.07) is 4.93. The van der Waals surface area contributed by atoms with E-state index < -0.39 is 68.9 Å². The molecule has 0 heterocycles. The standard InChI is InChI=1S/C47H92O8Si4/c1-25-29-41(55-59(26-2,27-3)28-4)47(16,17)40(49)31-36(48)34(6)37(52-56(19,20)44(7,8)9)30-35-33(5)38(53-57(21,22)45(10,11)12)32-39(42(35)43(50)51-18)54-58(23,24)46(13,14)15/h25,32,34,36-37,40-41,48-49H,1,26-31H2,2-24H3/t34-,36+,37-,40-,41-/m1/s1. The van der Waals surface area contributed by atoms with Gasteiger partial charge in [0, 0.05) is 23.8 Å². The largest absolute Gasteiger partial charge is 0.543 e. The molecular formula is C47H92O8Si4. The summed E-state index contributed by atoms with van der Waals surface area (Å²) in [5, 5.41) is 24.0. The summed E-state index contributed by atoms with van der Waals surface area (Å²) >= 11 is 0. The first-order chi connectivity index (χ1) is 26.5. The van der Waals surface area contributed by atoms with Crippen LogP contribution in [0, 0.1) is 18.3 Å². The van der Waals surface area contributed by atoms with E-state index in [2.05, 4.69) is 143 Å². The molecule has 8 nitrogen and oxygen atoms in total. The molecule has 0 saturated carbocycles. The monoisotopic (exact) mass is 897 g/mol. The van der Waals surface area contributed by atoms with Crippen molar-refractivity contribution in [1.29, 1.82) is 0 Å². The summed E-state index contributed by atoms with van der Waals surface area (Å²) in [5.41, 5.74) is 1.29. The maximum absolute atomic E-state index is 14.1. The lowest BCUT2D eigenvalue weighted by Crippen LogP contribution is -2.51. The summed E-state index contributed by atoms with van der Waals surface area (Å²) in [6.07, 6.45) is 0.392. The number of esters is 1. The van der Waals surface area contributed by atoms with E-state index in [0.717, 1.165) is 29.3 Å². The highest BCUT2D eigenvalue weighted by Gasteiger charge is 2.47. The summed E-state index contributed by atoms with van der Waals surface area (Å²) in [5.74, 6) is 0.256. The van der Waals surface area contributed by atoms with Crippen LogP contribution in [-0.4, -0.2) is 81.0 Å². The van der Waals surface area contributed by atoms with E-state index in [4.69, 9.17) is 22.4 Å². The van der Waals surface area contributed by atoms with Gasteiger partial charge in [-0.05, 0) is 103 Å². The molecule has 0 aliphatic carbocycles. The first-order valence-electron chi connectivity index (χ1n) is 22.4. The minimum absolute atomic E-state index is 0.0781. The van der Waals surface area contributed by atoms with Crippen LogP contribution >= 0.6 is 0 Å². The predicted octanol–water partition coefficient (Wildman–Crippen LogP) is 13.2. The van der Waals surface area contributed by atoms with Crippen molar-refractivity contribution in [2.75, 3.05) is 7.11 Å².